The van der Waals surface area contributed by atoms with E-state index in [0.29, 0.717) is 17.6 Å². The van der Waals surface area contributed by atoms with Crippen molar-refractivity contribution in [2.45, 2.75) is 6.42 Å². The Morgan fingerprint density at radius 2 is 2.00 bits per heavy atom. The van der Waals surface area contributed by atoms with Crippen LogP contribution < -0.4 is 5.63 Å². The third-order valence-corrected chi connectivity index (χ3v) is 3.57. The Labute approximate surface area is 120 Å². The van der Waals surface area contributed by atoms with Crippen molar-refractivity contribution >= 4 is 28.4 Å². The van der Waals surface area contributed by atoms with E-state index in [1.807, 2.05) is 24.3 Å². The maximum absolute atomic E-state index is 11.9. The molecule has 2 aromatic rings. The predicted molar refractivity (Wildman–Crippen MR) is 77.8 cm³/mol. The number of carbonyl (C=O) groups is 1. The van der Waals surface area contributed by atoms with Gasteiger partial charge in [-0.3, -0.25) is 4.79 Å². The monoisotopic (exact) mass is 286 g/mol. The third kappa shape index (κ3) is 2.45. The van der Waals surface area contributed by atoms with Gasteiger partial charge >= 0.3 is 5.63 Å². The summed E-state index contributed by atoms with van der Waals surface area (Å²) in [5.41, 5.74) is 0.802. The first-order chi connectivity index (χ1) is 9.63. The van der Waals surface area contributed by atoms with E-state index < -0.39 is 0 Å². The summed E-state index contributed by atoms with van der Waals surface area (Å²) in [5, 5.41) is 1.08. The van der Waals surface area contributed by atoms with E-state index in [2.05, 4.69) is 0 Å². The minimum Gasteiger partial charge on any atom is -0.423 e. The van der Waals surface area contributed by atoms with Gasteiger partial charge in [0.05, 0.1) is 5.03 Å². The summed E-state index contributed by atoms with van der Waals surface area (Å²) in [4.78, 5) is 23.2. The van der Waals surface area contributed by atoms with Gasteiger partial charge in [0.1, 0.15) is 5.58 Å². The first-order valence-electron chi connectivity index (χ1n) is 6.25. The lowest BCUT2D eigenvalue weighted by molar-refractivity contribution is -0.110. The molecule has 0 bridgehead atoms. The highest BCUT2D eigenvalue weighted by molar-refractivity contribution is 6.44. The van der Waals surface area contributed by atoms with Crippen LogP contribution in [-0.2, 0) is 11.2 Å². The fourth-order valence-electron chi connectivity index (χ4n) is 2.24. The van der Waals surface area contributed by atoms with Gasteiger partial charge < -0.3 is 4.42 Å². The molecule has 1 aliphatic carbocycles. The second kappa shape index (κ2) is 5.10. The number of para-hydroxylation sites is 1. The molecule has 4 heteroatoms. The van der Waals surface area contributed by atoms with Crippen LogP contribution in [0.4, 0.5) is 0 Å². The molecule has 1 heterocycles. The Hall–Kier alpha value is -2.13. The summed E-state index contributed by atoms with van der Waals surface area (Å²) >= 11 is 5.82. The summed E-state index contributed by atoms with van der Waals surface area (Å²) in [7, 11) is 0. The molecule has 0 amide bonds. The van der Waals surface area contributed by atoms with Crippen LogP contribution in [-0.4, -0.2) is 5.78 Å². The summed E-state index contributed by atoms with van der Waals surface area (Å²) in [6.07, 6.45) is 5.32. The zero-order valence-electron chi connectivity index (χ0n) is 10.5. The average Bonchev–Trinajstić information content (AvgIpc) is 2.44. The normalized spacial score (nSPS) is 18.4. The lowest BCUT2D eigenvalue weighted by atomic mass is 9.95. The van der Waals surface area contributed by atoms with Gasteiger partial charge in [-0.15, -0.1) is 0 Å². The van der Waals surface area contributed by atoms with Gasteiger partial charge in [-0.2, -0.15) is 0 Å². The van der Waals surface area contributed by atoms with Crippen LogP contribution >= 0.6 is 11.6 Å². The Kier molecular flexibility index (Phi) is 3.28. The van der Waals surface area contributed by atoms with Gasteiger partial charge in [-0.1, -0.05) is 42.0 Å². The molecule has 20 heavy (non-hydrogen) atoms. The number of rotatable bonds is 2. The molecular formula is C16H11ClO3. The van der Waals surface area contributed by atoms with Crippen molar-refractivity contribution in [2.24, 2.45) is 5.92 Å². The Balaban J connectivity index is 1.95. The number of hydrogen-bond acceptors (Lipinski definition) is 3. The van der Waals surface area contributed by atoms with E-state index in [4.69, 9.17) is 16.0 Å². The molecule has 1 aromatic carbocycles. The largest absolute Gasteiger partial charge is 0.423 e. The van der Waals surface area contributed by atoms with Gasteiger partial charge in [0.15, 0.2) is 5.78 Å². The number of ketones is 1. The molecule has 1 unspecified atom stereocenters. The second-order valence-corrected chi connectivity index (χ2v) is 5.11. The van der Waals surface area contributed by atoms with Crippen molar-refractivity contribution in [1.82, 2.24) is 0 Å². The van der Waals surface area contributed by atoms with Crippen LogP contribution in [0.15, 0.2) is 62.8 Å². The molecule has 1 aromatic heterocycles. The smallest absolute Gasteiger partial charge is 0.339 e. The number of benzene rings is 1. The Morgan fingerprint density at radius 3 is 2.80 bits per heavy atom. The second-order valence-electron chi connectivity index (χ2n) is 4.70. The molecule has 3 rings (SSSR count). The quantitative estimate of drug-likeness (QED) is 0.797. The highest BCUT2D eigenvalue weighted by Gasteiger charge is 2.16. The number of fused-ring (bicyclic) bond motifs is 1. The third-order valence-electron chi connectivity index (χ3n) is 3.26. The number of allylic oxidation sites excluding steroid dienone is 4. The number of hydrogen-bond donors (Lipinski definition) is 0. The Morgan fingerprint density at radius 1 is 1.20 bits per heavy atom. The molecule has 100 valence electrons. The maximum atomic E-state index is 11.9. The van der Waals surface area contributed by atoms with E-state index >= 15 is 0 Å². The zero-order chi connectivity index (χ0) is 14.1. The molecule has 0 N–H and O–H groups in total. The van der Waals surface area contributed by atoms with Crippen LogP contribution in [0.2, 0.25) is 0 Å². The number of carbonyl (C=O) groups excluding carboxylic acids is 1. The SMILES string of the molecule is O=C1C=CC(Cc2cc3ccccc3oc2=O)C=C1Cl. The summed E-state index contributed by atoms with van der Waals surface area (Å²) in [6.45, 7) is 0. The number of halogens is 1. The lowest BCUT2D eigenvalue weighted by Gasteiger charge is -2.11. The molecule has 0 fully saturated rings. The molecule has 0 saturated carbocycles. The van der Waals surface area contributed by atoms with E-state index in [1.54, 1.807) is 18.2 Å². The summed E-state index contributed by atoms with van der Waals surface area (Å²) < 4.78 is 5.28. The summed E-state index contributed by atoms with van der Waals surface area (Å²) in [6, 6.07) is 9.19. The molecule has 0 aliphatic heterocycles. The van der Waals surface area contributed by atoms with Crippen LogP contribution in [0.5, 0.6) is 0 Å². The van der Waals surface area contributed by atoms with Crippen LogP contribution in [0.3, 0.4) is 0 Å². The van der Waals surface area contributed by atoms with Gasteiger partial charge in [0, 0.05) is 16.9 Å². The van der Waals surface area contributed by atoms with E-state index in [0.717, 1.165) is 5.39 Å². The van der Waals surface area contributed by atoms with Crippen molar-refractivity contribution in [3.8, 4) is 0 Å². The van der Waals surface area contributed by atoms with Gasteiger partial charge in [-0.25, -0.2) is 4.79 Å². The molecule has 1 atom stereocenters. The van der Waals surface area contributed by atoms with Crippen LogP contribution in [0.25, 0.3) is 11.0 Å². The van der Waals surface area contributed by atoms with Gasteiger partial charge in [0.25, 0.3) is 0 Å². The molecule has 3 nitrogen and oxygen atoms in total. The van der Waals surface area contributed by atoms with E-state index in [-0.39, 0.29) is 22.4 Å². The minimum atomic E-state index is -0.349. The molecule has 0 saturated heterocycles. The van der Waals surface area contributed by atoms with Crippen molar-refractivity contribution < 1.29 is 9.21 Å². The fraction of sp³-hybridized carbons (Fsp3) is 0.125. The molecule has 1 aliphatic rings. The van der Waals surface area contributed by atoms with Crippen LogP contribution in [0, 0.1) is 5.92 Å². The highest BCUT2D eigenvalue weighted by Crippen LogP contribution is 2.21. The van der Waals surface area contributed by atoms with Crippen molar-refractivity contribution in [2.75, 3.05) is 0 Å². The standard InChI is InChI=1S/C16H11ClO3/c17-13-8-10(5-6-14(13)18)7-12-9-11-3-1-2-4-15(11)20-16(12)19/h1-6,8-10H,7H2. The maximum Gasteiger partial charge on any atom is 0.339 e. The highest BCUT2D eigenvalue weighted by atomic mass is 35.5. The lowest BCUT2D eigenvalue weighted by Crippen LogP contribution is -2.13. The molecule has 0 spiro atoms. The molecular weight excluding hydrogens is 276 g/mol. The topological polar surface area (TPSA) is 47.3 Å². The van der Waals surface area contributed by atoms with E-state index in [9.17, 15) is 9.59 Å². The van der Waals surface area contributed by atoms with Crippen molar-refractivity contribution in [1.29, 1.82) is 0 Å². The zero-order valence-corrected chi connectivity index (χ0v) is 11.3. The first kappa shape index (κ1) is 12.9. The minimum absolute atomic E-state index is 0.0655. The van der Waals surface area contributed by atoms with Crippen LogP contribution in [0.1, 0.15) is 5.56 Å². The average molecular weight is 287 g/mol. The van der Waals surface area contributed by atoms with Gasteiger partial charge in [0.2, 0.25) is 0 Å². The van der Waals surface area contributed by atoms with Crippen molar-refractivity contribution in [3.05, 3.63) is 69.6 Å². The fourth-order valence-corrected chi connectivity index (χ4v) is 2.47. The molecule has 0 radical (unpaired) electrons. The Bertz CT molecular complexity index is 799. The first-order valence-corrected chi connectivity index (χ1v) is 6.63. The van der Waals surface area contributed by atoms with E-state index in [1.165, 1.54) is 6.08 Å². The van der Waals surface area contributed by atoms with Crippen molar-refractivity contribution in [3.63, 3.8) is 0 Å². The predicted octanol–water partition coefficient (Wildman–Crippen LogP) is 3.21. The summed E-state index contributed by atoms with van der Waals surface area (Å²) in [5.74, 6) is -0.266. The van der Waals surface area contributed by atoms with Gasteiger partial charge in [-0.05, 0) is 24.6 Å².